The van der Waals surface area contributed by atoms with Crippen LogP contribution in [-0.2, 0) is 9.53 Å². The second-order valence-electron chi connectivity index (χ2n) is 10.4. The number of morpholine rings is 1. The van der Waals surface area contributed by atoms with Crippen molar-refractivity contribution in [1.82, 2.24) is 20.6 Å². The summed E-state index contributed by atoms with van der Waals surface area (Å²) >= 11 is 6.39. The normalized spacial score (nSPS) is 21.6. The summed E-state index contributed by atoms with van der Waals surface area (Å²) in [5.41, 5.74) is 1.90. The molecule has 38 heavy (non-hydrogen) atoms. The highest BCUT2D eigenvalue weighted by atomic mass is 35.5. The fraction of sp³-hybridized carbons (Fsp3) is 0.556. The number of anilines is 2. The number of halogens is 1. The Morgan fingerprint density at radius 1 is 1.05 bits per heavy atom. The third kappa shape index (κ3) is 6.66. The lowest BCUT2D eigenvalue weighted by atomic mass is 9.85. The zero-order chi connectivity index (χ0) is 26.5. The van der Waals surface area contributed by atoms with Gasteiger partial charge in [-0.1, -0.05) is 24.4 Å². The van der Waals surface area contributed by atoms with E-state index >= 15 is 0 Å². The summed E-state index contributed by atoms with van der Waals surface area (Å²) in [5, 5.41) is 9.37. The van der Waals surface area contributed by atoms with Gasteiger partial charge in [0.25, 0.3) is 11.8 Å². The van der Waals surface area contributed by atoms with Gasteiger partial charge in [-0.2, -0.15) is 0 Å². The van der Waals surface area contributed by atoms with Crippen molar-refractivity contribution in [3.63, 3.8) is 0 Å². The van der Waals surface area contributed by atoms with Gasteiger partial charge in [-0.25, -0.2) is 4.98 Å². The van der Waals surface area contributed by atoms with Gasteiger partial charge < -0.3 is 30.6 Å². The first-order valence-electron chi connectivity index (χ1n) is 13.5. The number of amides is 3. The molecule has 2 aliphatic carbocycles. The monoisotopic (exact) mass is 542 g/mol. The summed E-state index contributed by atoms with van der Waals surface area (Å²) in [6.45, 7) is 3.55. The maximum absolute atomic E-state index is 13.0. The second kappa shape index (κ2) is 12.2. The smallest absolute Gasteiger partial charge is 0.272 e. The number of benzene rings is 1. The van der Waals surface area contributed by atoms with Crippen LogP contribution in [0.1, 0.15) is 65.9 Å². The second-order valence-corrected chi connectivity index (χ2v) is 10.8. The van der Waals surface area contributed by atoms with Crippen LogP contribution in [0, 0.1) is 11.8 Å². The molecule has 0 atom stereocenters. The molecule has 1 aliphatic heterocycles. The summed E-state index contributed by atoms with van der Waals surface area (Å²) in [4.78, 5) is 47.5. The van der Waals surface area contributed by atoms with E-state index in [9.17, 15) is 14.4 Å². The lowest BCUT2D eigenvalue weighted by Gasteiger charge is -2.30. The molecule has 3 fully saturated rings. The van der Waals surface area contributed by atoms with E-state index in [4.69, 9.17) is 16.3 Å². The topological polar surface area (TPSA) is 128 Å². The Balaban J connectivity index is 1.10. The van der Waals surface area contributed by atoms with E-state index in [1.807, 2.05) is 18.2 Å². The number of aromatic nitrogens is 2. The SMILES string of the molecule is O=C(NCCC1CC1)c1nc[nH]c1C(=O)N[C@H]1CC[C@H](C(=O)Nc2cc(N3CCOCC3)ccc2Cl)CC1. The minimum Gasteiger partial charge on any atom is -0.378 e. The van der Waals surface area contributed by atoms with E-state index < -0.39 is 0 Å². The zero-order valence-corrected chi connectivity index (χ0v) is 22.2. The van der Waals surface area contributed by atoms with E-state index in [2.05, 4.69) is 30.8 Å². The van der Waals surface area contributed by atoms with E-state index in [1.165, 1.54) is 19.2 Å². The molecule has 0 unspecified atom stereocenters. The van der Waals surface area contributed by atoms with Crippen molar-refractivity contribution in [2.24, 2.45) is 11.8 Å². The number of carbonyl (C=O) groups excluding carboxylic acids is 3. The lowest BCUT2D eigenvalue weighted by molar-refractivity contribution is -0.120. The number of aromatic amines is 1. The van der Waals surface area contributed by atoms with Gasteiger partial charge in [-0.15, -0.1) is 0 Å². The Morgan fingerprint density at radius 3 is 2.55 bits per heavy atom. The first-order valence-corrected chi connectivity index (χ1v) is 13.9. The molecule has 3 amide bonds. The molecule has 11 heteroatoms. The molecule has 0 radical (unpaired) electrons. The zero-order valence-electron chi connectivity index (χ0n) is 21.4. The number of ether oxygens (including phenoxy) is 1. The van der Waals surface area contributed by atoms with Gasteiger partial charge in [-0.05, 0) is 56.2 Å². The van der Waals surface area contributed by atoms with Crippen LogP contribution in [0.3, 0.4) is 0 Å². The summed E-state index contributed by atoms with van der Waals surface area (Å²) in [5.74, 6) is -0.198. The lowest BCUT2D eigenvalue weighted by Crippen LogP contribution is -2.40. The van der Waals surface area contributed by atoms with Crippen LogP contribution in [0.2, 0.25) is 5.02 Å². The van der Waals surface area contributed by atoms with Crippen LogP contribution in [0.4, 0.5) is 11.4 Å². The van der Waals surface area contributed by atoms with Gasteiger partial charge in [0, 0.05) is 37.3 Å². The van der Waals surface area contributed by atoms with E-state index in [1.54, 1.807) is 0 Å². The molecular weight excluding hydrogens is 508 g/mol. The molecule has 10 nitrogen and oxygen atoms in total. The van der Waals surface area contributed by atoms with Gasteiger partial charge in [0.1, 0.15) is 5.69 Å². The van der Waals surface area contributed by atoms with Gasteiger partial charge in [0.2, 0.25) is 5.91 Å². The Labute approximate surface area is 227 Å². The molecule has 2 aromatic rings. The van der Waals surface area contributed by atoms with Crippen LogP contribution < -0.4 is 20.9 Å². The summed E-state index contributed by atoms with van der Waals surface area (Å²) < 4.78 is 5.43. The fourth-order valence-corrected chi connectivity index (χ4v) is 5.30. The van der Waals surface area contributed by atoms with Crippen LogP contribution in [0.5, 0.6) is 0 Å². The largest absolute Gasteiger partial charge is 0.378 e. The van der Waals surface area contributed by atoms with Crippen molar-refractivity contribution in [2.45, 2.75) is 51.0 Å². The summed E-state index contributed by atoms with van der Waals surface area (Å²) in [6, 6.07) is 5.61. The van der Waals surface area contributed by atoms with E-state index in [-0.39, 0.29) is 41.1 Å². The number of nitrogens with zero attached hydrogens (tertiary/aromatic N) is 2. The van der Waals surface area contributed by atoms with Crippen molar-refractivity contribution in [3.8, 4) is 0 Å². The third-order valence-electron chi connectivity index (χ3n) is 7.63. The van der Waals surface area contributed by atoms with Crippen LogP contribution >= 0.6 is 11.6 Å². The summed E-state index contributed by atoms with van der Waals surface area (Å²) in [7, 11) is 0. The van der Waals surface area contributed by atoms with Gasteiger partial charge in [0.15, 0.2) is 5.69 Å². The molecule has 0 spiro atoms. The van der Waals surface area contributed by atoms with Crippen LogP contribution in [0.15, 0.2) is 24.5 Å². The first kappa shape index (κ1) is 26.5. The predicted molar refractivity (Wildman–Crippen MR) is 145 cm³/mol. The molecular formula is C27H35ClN6O4. The number of imidazole rings is 1. The number of nitrogens with one attached hydrogen (secondary N) is 4. The maximum atomic E-state index is 13.0. The maximum Gasteiger partial charge on any atom is 0.272 e. The predicted octanol–water partition coefficient (Wildman–Crippen LogP) is 3.36. The third-order valence-corrected chi connectivity index (χ3v) is 7.96. The van der Waals surface area contributed by atoms with E-state index in [0.717, 1.165) is 25.2 Å². The molecule has 204 valence electrons. The minimum atomic E-state index is -0.352. The van der Waals surface area contributed by atoms with Crippen LogP contribution in [0.25, 0.3) is 0 Å². The van der Waals surface area contributed by atoms with Crippen LogP contribution in [-0.4, -0.2) is 66.6 Å². The average Bonchev–Trinajstić information content (AvgIpc) is 3.62. The molecule has 1 aromatic heterocycles. The highest BCUT2D eigenvalue weighted by molar-refractivity contribution is 6.33. The number of hydrogen-bond acceptors (Lipinski definition) is 6. The van der Waals surface area contributed by atoms with Crippen molar-refractivity contribution in [2.75, 3.05) is 43.1 Å². The van der Waals surface area contributed by atoms with Gasteiger partial charge >= 0.3 is 0 Å². The molecule has 2 heterocycles. The Bertz CT molecular complexity index is 1150. The summed E-state index contributed by atoms with van der Waals surface area (Å²) in [6.07, 6.45) is 7.41. The van der Waals surface area contributed by atoms with Crippen molar-refractivity contribution < 1.29 is 19.1 Å². The Morgan fingerprint density at radius 2 is 1.82 bits per heavy atom. The molecule has 5 rings (SSSR count). The van der Waals surface area contributed by atoms with Crippen molar-refractivity contribution in [1.29, 1.82) is 0 Å². The number of carbonyl (C=O) groups is 3. The molecule has 1 aromatic carbocycles. The number of H-pyrrole nitrogens is 1. The highest BCUT2D eigenvalue weighted by Crippen LogP contribution is 2.32. The first-order chi connectivity index (χ1) is 18.5. The molecule has 3 aliphatic rings. The van der Waals surface area contributed by atoms with Gasteiger partial charge in [-0.3, -0.25) is 14.4 Å². The standard InChI is InChI=1S/C27H35ClN6O4/c28-21-8-7-20(34-11-13-38-14-12-34)15-22(21)33-25(35)18-3-5-19(6-4-18)32-27(37)24-23(30-16-31-24)26(36)29-10-9-17-1-2-17/h7-8,15-19H,1-6,9-14H2,(H,29,36)(H,30,31)(H,32,37)(H,33,35)/t18-,19-. The number of hydrogen-bond donors (Lipinski definition) is 4. The molecule has 0 bridgehead atoms. The molecule has 2 saturated carbocycles. The Hall–Kier alpha value is -3.11. The van der Waals surface area contributed by atoms with Crippen molar-refractivity contribution in [3.05, 3.63) is 40.9 Å². The van der Waals surface area contributed by atoms with Crippen molar-refractivity contribution >= 4 is 40.7 Å². The quantitative estimate of drug-likeness (QED) is 0.384. The highest BCUT2D eigenvalue weighted by Gasteiger charge is 2.29. The average molecular weight is 543 g/mol. The Kier molecular flexibility index (Phi) is 8.48. The molecule has 4 N–H and O–H groups in total. The van der Waals surface area contributed by atoms with Gasteiger partial charge in [0.05, 0.1) is 30.3 Å². The number of rotatable bonds is 9. The fourth-order valence-electron chi connectivity index (χ4n) is 5.14. The van der Waals surface area contributed by atoms with E-state index in [0.29, 0.717) is 62.1 Å². The minimum absolute atomic E-state index is 0.0606. The molecule has 1 saturated heterocycles.